The first kappa shape index (κ1) is 17.4. The fourth-order valence-electron chi connectivity index (χ4n) is 2.61. The van der Waals surface area contributed by atoms with Crippen molar-refractivity contribution in [2.75, 3.05) is 0 Å². The van der Waals surface area contributed by atoms with Crippen LogP contribution in [0.2, 0.25) is 0 Å². The van der Waals surface area contributed by atoms with Gasteiger partial charge in [0.25, 0.3) is 0 Å². The molecule has 0 bridgehead atoms. The van der Waals surface area contributed by atoms with Gasteiger partial charge < -0.3 is 5.11 Å². The maximum Gasteiger partial charge on any atom is 0.199 e. The lowest BCUT2D eigenvalue weighted by atomic mass is 10.0. The van der Waals surface area contributed by atoms with Crippen LogP contribution in [0.25, 0.3) is 16.5 Å². The molecule has 0 saturated carbocycles. The van der Waals surface area contributed by atoms with Gasteiger partial charge >= 0.3 is 0 Å². The molecule has 1 N–H and O–H groups in total. The van der Waals surface area contributed by atoms with E-state index in [4.69, 9.17) is 0 Å². The Morgan fingerprint density at radius 2 is 1.79 bits per heavy atom. The summed E-state index contributed by atoms with van der Waals surface area (Å²) in [5.41, 5.74) is 2.38. The molecule has 2 aromatic rings. The second-order valence-corrected chi connectivity index (χ2v) is 4.97. The number of carbonyl (C=O) groups is 1. The van der Waals surface area contributed by atoms with Crippen LogP contribution < -0.4 is 0 Å². The fourth-order valence-corrected chi connectivity index (χ4v) is 2.61. The Labute approximate surface area is 142 Å². The minimum absolute atomic E-state index is 0.0409. The first-order valence-corrected chi connectivity index (χ1v) is 8.01. The maximum atomic E-state index is 12.5. The van der Waals surface area contributed by atoms with Crippen LogP contribution in [0, 0.1) is 0 Å². The third kappa shape index (κ3) is 2.93. The molecule has 3 heteroatoms. The fraction of sp³-hybridized carbons (Fsp3) is 0.143. The number of pyridine rings is 1. The summed E-state index contributed by atoms with van der Waals surface area (Å²) in [7, 11) is 0. The maximum absolute atomic E-state index is 12.5. The predicted octanol–water partition coefficient (Wildman–Crippen LogP) is 5.17. The van der Waals surface area contributed by atoms with Crippen molar-refractivity contribution in [2.24, 2.45) is 0 Å². The van der Waals surface area contributed by atoms with E-state index in [1.165, 1.54) is 6.08 Å². The summed E-state index contributed by atoms with van der Waals surface area (Å²) < 4.78 is 0. The second kappa shape index (κ2) is 7.55. The van der Waals surface area contributed by atoms with E-state index in [9.17, 15) is 9.90 Å². The monoisotopic (exact) mass is 319 g/mol. The van der Waals surface area contributed by atoms with Gasteiger partial charge in [-0.15, -0.1) is 0 Å². The van der Waals surface area contributed by atoms with Crippen LogP contribution in [0.15, 0.2) is 78.1 Å². The molecule has 122 valence electrons. The number of allylic oxidation sites excluding steroid dienone is 5. The third-order valence-electron chi connectivity index (χ3n) is 3.65. The number of rotatable bonds is 3. The smallest absolute Gasteiger partial charge is 0.199 e. The number of aliphatic hydroxyl groups excluding tert-OH is 1. The van der Waals surface area contributed by atoms with Gasteiger partial charge in [-0.2, -0.15) is 0 Å². The van der Waals surface area contributed by atoms with Crippen molar-refractivity contribution in [3.8, 4) is 0 Å². The molecule has 0 aliphatic heterocycles. The number of para-hydroxylation sites is 1. The summed E-state index contributed by atoms with van der Waals surface area (Å²) in [4.78, 5) is 17.0. The molecule has 0 unspecified atom stereocenters. The number of aliphatic hydroxyl groups is 1. The van der Waals surface area contributed by atoms with Crippen LogP contribution in [0.4, 0.5) is 0 Å². The normalized spacial score (nSPS) is 14.4. The molecule has 1 aliphatic rings. The number of carbonyl (C=O) groups excluding carboxylic acids is 1. The molecule has 24 heavy (non-hydrogen) atoms. The topological polar surface area (TPSA) is 50.2 Å². The molecule has 0 amide bonds. The van der Waals surface area contributed by atoms with Crippen LogP contribution in [-0.4, -0.2) is 15.9 Å². The first-order valence-electron chi connectivity index (χ1n) is 8.01. The van der Waals surface area contributed by atoms with Crippen LogP contribution in [0.3, 0.4) is 0 Å². The number of benzene rings is 1. The van der Waals surface area contributed by atoms with Gasteiger partial charge in [-0.3, -0.25) is 4.79 Å². The molecule has 0 spiro atoms. The van der Waals surface area contributed by atoms with Gasteiger partial charge in [-0.25, -0.2) is 4.98 Å². The first-order chi connectivity index (χ1) is 11.7. The van der Waals surface area contributed by atoms with Gasteiger partial charge in [0.05, 0.1) is 16.8 Å². The number of nitrogens with zero attached hydrogens (tertiary/aromatic N) is 1. The Morgan fingerprint density at radius 1 is 1.08 bits per heavy atom. The van der Waals surface area contributed by atoms with Crippen LogP contribution in [0.5, 0.6) is 0 Å². The molecule has 3 nitrogen and oxygen atoms in total. The van der Waals surface area contributed by atoms with Crippen molar-refractivity contribution < 1.29 is 9.90 Å². The van der Waals surface area contributed by atoms with Gasteiger partial charge in [0.1, 0.15) is 5.76 Å². The zero-order valence-corrected chi connectivity index (χ0v) is 14.2. The molecule has 0 fully saturated rings. The quantitative estimate of drug-likeness (QED) is 0.849. The molecule has 0 saturated heterocycles. The zero-order chi connectivity index (χ0) is 17.7. The van der Waals surface area contributed by atoms with Gasteiger partial charge in [0.15, 0.2) is 5.78 Å². The van der Waals surface area contributed by atoms with Gasteiger partial charge in [0, 0.05) is 16.5 Å². The van der Waals surface area contributed by atoms with Crippen molar-refractivity contribution in [1.82, 2.24) is 4.98 Å². The summed E-state index contributed by atoms with van der Waals surface area (Å²) in [6.07, 6.45) is 4.96. The highest BCUT2D eigenvalue weighted by Crippen LogP contribution is 2.35. The Balaban J connectivity index is 0.00000100. The predicted molar refractivity (Wildman–Crippen MR) is 99.7 cm³/mol. The summed E-state index contributed by atoms with van der Waals surface area (Å²) in [6, 6.07) is 11.3. The minimum atomic E-state index is -0.247. The number of fused-ring (bicyclic) bond motifs is 1. The highest BCUT2D eigenvalue weighted by atomic mass is 16.3. The van der Waals surface area contributed by atoms with Crippen molar-refractivity contribution in [3.05, 3.63) is 83.8 Å². The second-order valence-electron chi connectivity index (χ2n) is 4.97. The Hall–Kier alpha value is -2.94. The lowest BCUT2D eigenvalue weighted by Crippen LogP contribution is -2.02. The lowest BCUT2D eigenvalue weighted by molar-refractivity contribution is -0.110. The van der Waals surface area contributed by atoms with Crippen molar-refractivity contribution in [2.45, 2.75) is 20.8 Å². The van der Waals surface area contributed by atoms with Crippen LogP contribution in [0.1, 0.15) is 26.5 Å². The molecule has 1 aliphatic carbocycles. The summed E-state index contributed by atoms with van der Waals surface area (Å²) in [5.74, 6) is -0.288. The van der Waals surface area contributed by atoms with Gasteiger partial charge in [-0.05, 0) is 19.1 Å². The average Bonchev–Trinajstić information content (AvgIpc) is 2.86. The Bertz CT molecular complexity index is 886. The SMILES string of the molecule is C=CC1=C(/C=C\C)C(O)=C(c2ccc3ccccc3n2)C1=O.CC. The van der Waals surface area contributed by atoms with Gasteiger partial charge in [-0.1, -0.05) is 62.9 Å². The third-order valence-corrected chi connectivity index (χ3v) is 3.65. The largest absolute Gasteiger partial charge is 0.506 e. The number of Topliss-reactive ketones (excluding diaryl/α,β-unsaturated/α-hetero) is 1. The molecule has 1 aromatic carbocycles. The lowest BCUT2D eigenvalue weighted by Gasteiger charge is -2.04. The number of ketones is 1. The van der Waals surface area contributed by atoms with E-state index >= 15 is 0 Å². The highest BCUT2D eigenvalue weighted by Gasteiger charge is 2.31. The molecule has 1 aromatic heterocycles. The van der Waals surface area contributed by atoms with Crippen molar-refractivity contribution in [3.63, 3.8) is 0 Å². The van der Waals surface area contributed by atoms with Crippen molar-refractivity contribution >= 4 is 22.3 Å². The van der Waals surface area contributed by atoms with E-state index in [2.05, 4.69) is 11.6 Å². The average molecular weight is 319 g/mol. The van der Waals surface area contributed by atoms with E-state index in [0.29, 0.717) is 16.8 Å². The van der Waals surface area contributed by atoms with Gasteiger partial charge in [0.2, 0.25) is 0 Å². The zero-order valence-electron chi connectivity index (χ0n) is 14.2. The van der Waals surface area contributed by atoms with E-state index in [1.807, 2.05) is 51.1 Å². The standard InChI is InChI=1S/C19H15NO2.C2H6/c1-3-7-14-13(4-2)18(21)17(19(14)22)16-11-10-12-8-5-6-9-15(12)20-16;1-2/h3-11,22H,2H2,1H3;1-2H3/b7-3-;. The molecular weight excluding hydrogens is 298 g/mol. The number of aromatic nitrogens is 1. The minimum Gasteiger partial charge on any atom is -0.506 e. The molecule has 0 radical (unpaired) electrons. The van der Waals surface area contributed by atoms with E-state index in [0.717, 1.165) is 10.9 Å². The van der Waals surface area contributed by atoms with E-state index in [1.54, 1.807) is 18.2 Å². The molecule has 1 heterocycles. The Kier molecular flexibility index (Phi) is 5.48. The molecule has 0 atom stereocenters. The van der Waals surface area contributed by atoms with Crippen LogP contribution >= 0.6 is 0 Å². The van der Waals surface area contributed by atoms with Crippen molar-refractivity contribution in [1.29, 1.82) is 0 Å². The van der Waals surface area contributed by atoms with Crippen LogP contribution in [-0.2, 0) is 4.79 Å². The van der Waals surface area contributed by atoms with E-state index in [-0.39, 0.29) is 17.1 Å². The van der Waals surface area contributed by atoms with E-state index < -0.39 is 0 Å². The summed E-state index contributed by atoms with van der Waals surface area (Å²) >= 11 is 0. The summed E-state index contributed by atoms with van der Waals surface area (Å²) in [5, 5.41) is 11.4. The molecule has 3 rings (SSSR count). The Morgan fingerprint density at radius 3 is 2.46 bits per heavy atom. The summed E-state index contributed by atoms with van der Waals surface area (Å²) in [6.45, 7) is 9.50. The highest BCUT2D eigenvalue weighted by molar-refractivity contribution is 6.33. The molecular formula is C21H21NO2. The number of hydrogen-bond donors (Lipinski definition) is 1. The number of hydrogen-bond acceptors (Lipinski definition) is 3.